The molecule has 0 saturated carbocycles. The van der Waals surface area contributed by atoms with Gasteiger partial charge in [0.2, 0.25) is 0 Å². The van der Waals surface area contributed by atoms with Crippen LogP contribution in [0.15, 0.2) is 30.3 Å². The minimum atomic E-state index is -0.0586. The van der Waals surface area contributed by atoms with Gasteiger partial charge in [0.25, 0.3) is 0 Å². The van der Waals surface area contributed by atoms with Gasteiger partial charge in [-0.25, -0.2) is 0 Å². The predicted molar refractivity (Wildman–Crippen MR) is 91.5 cm³/mol. The highest BCUT2D eigenvalue weighted by Gasteiger charge is 2.14. The predicted octanol–water partition coefficient (Wildman–Crippen LogP) is 6.48. The van der Waals surface area contributed by atoms with E-state index >= 15 is 0 Å². The Kier molecular flexibility index (Phi) is 5.50. The second-order valence-electron chi connectivity index (χ2n) is 4.48. The number of anilines is 1. The van der Waals surface area contributed by atoms with Gasteiger partial charge >= 0.3 is 0 Å². The van der Waals surface area contributed by atoms with Gasteiger partial charge < -0.3 is 10.1 Å². The zero-order chi connectivity index (χ0) is 15.6. The molecular formula is C15H13Cl4NO. The lowest BCUT2D eigenvalue weighted by molar-refractivity contribution is 0.415. The molecule has 0 radical (unpaired) electrons. The van der Waals surface area contributed by atoms with Crippen LogP contribution < -0.4 is 10.1 Å². The van der Waals surface area contributed by atoms with Crippen molar-refractivity contribution in [2.45, 2.75) is 13.0 Å². The van der Waals surface area contributed by atoms with E-state index in [0.29, 0.717) is 25.8 Å². The van der Waals surface area contributed by atoms with Crippen molar-refractivity contribution in [1.29, 1.82) is 0 Å². The molecular weight excluding hydrogens is 352 g/mol. The van der Waals surface area contributed by atoms with Gasteiger partial charge in [0.15, 0.2) is 0 Å². The van der Waals surface area contributed by atoms with Crippen LogP contribution in [-0.2, 0) is 0 Å². The Balaban J connectivity index is 2.24. The van der Waals surface area contributed by atoms with Crippen LogP contribution in [0.5, 0.6) is 5.75 Å². The Bertz CT molecular complexity index is 660. The van der Waals surface area contributed by atoms with E-state index in [0.717, 1.165) is 11.3 Å². The van der Waals surface area contributed by atoms with Crippen molar-refractivity contribution in [3.63, 3.8) is 0 Å². The normalized spacial score (nSPS) is 12.1. The van der Waals surface area contributed by atoms with E-state index in [1.807, 2.05) is 19.1 Å². The van der Waals surface area contributed by atoms with E-state index in [-0.39, 0.29) is 6.04 Å². The summed E-state index contributed by atoms with van der Waals surface area (Å²) in [6.45, 7) is 1.98. The molecule has 112 valence electrons. The Morgan fingerprint density at radius 2 is 1.67 bits per heavy atom. The molecule has 0 aliphatic heterocycles. The molecule has 2 aromatic carbocycles. The summed E-state index contributed by atoms with van der Waals surface area (Å²) < 4.78 is 5.12. The summed E-state index contributed by atoms with van der Waals surface area (Å²) in [6.07, 6.45) is 0. The summed E-state index contributed by atoms with van der Waals surface area (Å²) >= 11 is 24.3. The van der Waals surface area contributed by atoms with Crippen LogP contribution in [0.4, 0.5) is 5.69 Å². The molecule has 0 fully saturated rings. The number of benzene rings is 2. The van der Waals surface area contributed by atoms with Crippen LogP contribution in [-0.4, -0.2) is 7.11 Å². The molecule has 6 heteroatoms. The van der Waals surface area contributed by atoms with Crippen LogP contribution in [0.3, 0.4) is 0 Å². The monoisotopic (exact) mass is 363 g/mol. The summed E-state index contributed by atoms with van der Waals surface area (Å²) in [5.74, 6) is 0.627. The Labute approximate surface area is 143 Å². The second-order valence-corrected chi connectivity index (χ2v) is 6.05. The maximum absolute atomic E-state index is 6.24. The average Bonchev–Trinajstić information content (AvgIpc) is 2.45. The van der Waals surface area contributed by atoms with Crippen molar-refractivity contribution in [3.8, 4) is 5.75 Å². The minimum Gasteiger partial charge on any atom is -0.495 e. The number of nitrogens with one attached hydrogen (secondary N) is 1. The minimum absolute atomic E-state index is 0.0586. The van der Waals surface area contributed by atoms with Gasteiger partial charge in [0.1, 0.15) is 5.75 Å². The average molecular weight is 365 g/mol. The molecule has 1 N–H and O–H groups in total. The van der Waals surface area contributed by atoms with E-state index < -0.39 is 0 Å². The Morgan fingerprint density at radius 3 is 2.29 bits per heavy atom. The largest absolute Gasteiger partial charge is 0.495 e. The lowest BCUT2D eigenvalue weighted by Crippen LogP contribution is -2.07. The SMILES string of the molecule is COc1ccc(NC(C)c2ccc(Cl)c(Cl)c2Cl)cc1Cl. The summed E-state index contributed by atoms with van der Waals surface area (Å²) in [6, 6.07) is 8.99. The van der Waals surface area contributed by atoms with Gasteiger partial charge in [-0.3, -0.25) is 0 Å². The Hall–Kier alpha value is -0.800. The topological polar surface area (TPSA) is 21.3 Å². The first-order valence-electron chi connectivity index (χ1n) is 6.17. The second kappa shape index (κ2) is 6.97. The number of methoxy groups -OCH3 is 1. The third-order valence-electron chi connectivity index (χ3n) is 3.07. The van der Waals surface area contributed by atoms with Crippen molar-refractivity contribution in [3.05, 3.63) is 56.0 Å². The van der Waals surface area contributed by atoms with E-state index in [9.17, 15) is 0 Å². The summed E-state index contributed by atoms with van der Waals surface area (Å²) in [4.78, 5) is 0. The smallest absolute Gasteiger partial charge is 0.137 e. The number of hydrogen-bond acceptors (Lipinski definition) is 2. The van der Waals surface area contributed by atoms with Crippen LogP contribution in [0, 0.1) is 0 Å². The summed E-state index contributed by atoms with van der Waals surface area (Å²) in [5, 5.41) is 5.09. The molecule has 0 heterocycles. The fourth-order valence-corrected chi connectivity index (χ4v) is 2.92. The quantitative estimate of drug-likeness (QED) is 0.626. The van der Waals surface area contributed by atoms with Gasteiger partial charge in [0.05, 0.1) is 33.2 Å². The molecule has 0 aromatic heterocycles. The standard InChI is InChI=1S/C15H13Cl4NO/c1-8(10-4-5-11(16)15(19)14(10)18)20-9-3-6-13(21-2)12(17)7-9/h3-8,20H,1-2H3. The third-order valence-corrected chi connectivity index (χ3v) is 4.67. The molecule has 2 nitrogen and oxygen atoms in total. The van der Waals surface area contributed by atoms with E-state index in [1.165, 1.54) is 0 Å². The van der Waals surface area contributed by atoms with Gasteiger partial charge in [-0.15, -0.1) is 0 Å². The highest BCUT2D eigenvalue weighted by Crippen LogP contribution is 2.37. The van der Waals surface area contributed by atoms with Gasteiger partial charge in [-0.2, -0.15) is 0 Å². The first-order valence-corrected chi connectivity index (χ1v) is 7.68. The van der Waals surface area contributed by atoms with Crippen molar-refractivity contribution >= 4 is 52.1 Å². The van der Waals surface area contributed by atoms with Gasteiger partial charge in [-0.1, -0.05) is 52.5 Å². The highest BCUT2D eigenvalue weighted by atomic mass is 35.5. The van der Waals surface area contributed by atoms with Gasteiger partial charge in [0, 0.05) is 5.69 Å². The molecule has 0 aliphatic rings. The van der Waals surface area contributed by atoms with E-state index in [2.05, 4.69) is 5.32 Å². The lowest BCUT2D eigenvalue weighted by atomic mass is 10.1. The van der Waals surface area contributed by atoms with E-state index in [1.54, 1.807) is 25.3 Å². The van der Waals surface area contributed by atoms with Crippen molar-refractivity contribution in [2.75, 3.05) is 12.4 Å². The molecule has 0 bridgehead atoms. The molecule has 2 rings (SSSR count). The molecule has 0 amide bonds. The number of ether oxygens (including phenoxy) is 1. The van der Waals surface area contributed by atoms with Crippen LogP contribution in [0.1, 0.15) is 18.5 Å². The molecule has 1 unspecified atom stereocenters. The molecule has 0 spiro atoms. The maximum Gasteiger partial charge on any atom is 0.137 e. The first kappa shape index (κ1) is 16.6. The molecule has 21 heavy (non-hydrogen) atoms. The van der Waals surface area contributed by atoms with Crippen LogP contribution in [0.25, 0.3) is 0 Å². The van der Waals surface area contributed by atoms with Crippen LogP contribution >= 0.6 is 46.4 Å². The molecule has 2 aromatic rings. The van der Waals surface area contributed by atoms with Gasteiger partial charge in [-0.05, 0) is 36.8 Å². The summed E-state index contributed by atoms with van der Waals surface area (Å²) in [5.41, 5.74) is 1.72. The molecule has 0 aliphatic carbocycles. The lowest BCUT2D eigenvalue weighted by Gasteiger charge is -2.18. The summed E-state index contributed by atoms with van der Waals surface area (Å²) in [7, 11) is 1.58. The van der Waals surface area contributed by atoms with Crippen molar-refractivity contribution in [1.82, 2.24) is 0 Å². The molecule has 0 saturated heterocycles. The fraction of sp³-hybridized carbons (Fsp3) is 0.200. The number of halogens is 4. The van der Waals surface area contributed by atoms with Crippen molar-refractivity contribution < 1.29 is 4.74 Å². The van der Waals surface area contributed by atoms with Crippen LogP contribution in [0.2, 0.25) is 20.1 Å². The fourth-order valence-electron chi connectivity index (χ4n) is 1.96. The maximum atomic E-state index is 6.24. The third kappa shape index (κ3) is 3.70. The first-order chi connectivity index (χ1) is 9.93. The van der Waals surface area contributed by atoms with E-state index in [4.69, 9.17) is 51.1 Å². The zero-order valence-electron chi connectivity index (χ0n) is 11.4. The molecule has 1 atom stereocenters. The highest BCUT2D eigenvalue weighted by molar-refractivity contribution is 6.48. The van der Waals surface area contributed by atoms with Crippen molar-refractivity contribution in [2.24, 2.45) is 0 Å². The number of hydrogen-bond donors (Lipinski definition) is 1. The number of rotatable bonds is 4. The zero-order valence-corrected chi connectivity index (χ0v) is 14.4. The Morgan fingerprint density at radius 1 is 0.952 bits per heavy atom.